The molecule has 1 rings (SSSR count). The Hall–Kier alpha value is -1.07. The van der Waals surface area contributed by atoms with Crippen molar-refractivity contribution in [2.75, 3.05) is 13.2 Å². The van der Waals surface area contributed by atoms with Gasteiger partial charge in [0, 0.05) is 0 Å². The minimum absolute atomic E-state index is 0.0909. The summed E-state index contributed by atoms with van der Waals surface area (Å²) in [4.78, 5) is 0. The summed E-state index contributed by atoms with van der Waals surface area (Å²) in [6.07, 6.45) is -4.40. The molecule has 1 aromatic rings. The van der Waals surface area contributed by atoms with Crippen molar-refractivity contribution in [1.29, 1.82) is 0 Å². The molecule has 2 nitrogen and oxygen atoms in total. The summed E-state index contributed by atoms with van der Waals surface area (Å²) < 4.78 is 38.5. The number of halogens is 3. The van der Waals surface area contributed by atoms with Crippen molar-refractivity contribution >= 4 is 0 Å². The maximum absolute atomic E-state index is 12.8. The van der Waals surface area contributed by atoms with Crippen LogP contribution in [0.4, 0.5) is 13.2 Å². The highest BCUT2D eigenvalue weighted by Crippen LogP contribution is 2.34. The van der Waals surface area contributed by atoms with E-state index in [0.717, 1.165) is 6.07 Å². The van der Waals surface area contributed by atoms with Crippen LogP contribution in [0.25, 0.3) is 0 Å². The van der Waals surface area contributed by atoms with E-state index in [2.05, 4.69) is 5.32 Å². The molecule has 5 heteroatoms. The number of benzene rings is 1. The molecule has 1 aromatic carbocycles. The van der Waals surface area contributed by atoms with E-state index >= 15 is 0 Å². The molecule has 2 N–H and O–H groups in total. The number of hydrogen-bond acceptors (Lipinski definition) is 2. The summed E-state index contributed by atoms with van der Waals surface area (Å²) in [6, 6.07) is 4.64. The van der Waals surface area contributed by atoms with E-state index in [1.807, 2.05) is 13.8 Å². The van der Waals surface area contributed by atoms with Gasteiger partial charge in [0.1, 0.15) is 0 Å². The van der Waals surface area contributed by atoms with E-state index in [9.17, 15) is 18.3 Å². The highest BCUT2D eigenvalue weighted by Gasteiger charge is 2.34. The zero-order valence-electron chi connectivity index (χ0n) is 10.5. The first-order chi connectivity index (χ1) is 8.36. The van der Waals surface area contributed by atoms with Crippen molar-refractivity contribution in [1.82, 2.24) is 5.32 Å². The van der Waals surface area contributed by atoms with Crippen LogP contribution in [0.15, 0.2) is 24.3 Å². The molecule has 0 aromatic heterocycles. The molecule has 1 unspecified atom stereocenters. The van der Waals surface area contributed by atoms with Gasteiger partial charge in [0.15, 0.2) is 0 Å². The number of alkyl halides is 3. The predicted octanol–water partition coefficient (Wildman–Crippen LogP) is 2.98. The predicted molar refractivity (Wildman–Crippen MR) is 64.1 cm³/mol. The van der Waals surface area contributed by atoms with E-state index in [1.165, 1.54) is 12.1 Å². The SMILES string of the molecule is CC(C)CNC(CO)c1ccccc1C(F)(F)F. The van der Waals surface area contributed by atoms with E-state index in [-0.39, 0.29) is 12.2 Å². The Labute approximate surface area is 105 Å². The summed E-state index contributed by atoms with van der Waals surface area (Å²) in [7, 11) is 0. The molecule has 0 heterocycles. The smallest absolute Gasteiger partial charge is 0.394 e. The quantitative estimate of drug-likeness (QED) is 0.854. The van der Waals surface area contributed by atoms with Gasteiger partial charge >= 0.3 is 6.18 Å². The van der Waals surface area contributed by atoms with Crippen LogP contribution in [-0.4, -0.2) is 18.3 Å². The van der Waals surface area contributed by atoms with Gasteiger partial charge < -0.3 is 10.4 Å². The highest BCUT2D eigenvalue weighted by molar-refractivity contribution is 5.32. The lowest BCUT2D eigenvalue weighted by Gasteiger charge is -2.22. The fraction of sp³-hybridized carbons (Fsp3) is 0.538. The average Bonchev–Trinajstić information content (AvgIpc) is 2.29. The lowest BCUT2D eigenvalue weighted by molar-refractivity contribution is -0.138. The Bertz CT molecular complexity index is 377. The van der Waals surface area contributed by atoms with Crippen LogP contribution in [0, 0.1) is 5.92 Å². The maximum atomic E-state index is 12.8. The third kappa shape index (κ3) is 3.99. The lowest BCUT2D eigenvalue weighted by Crippen LogP contribution is -2.29. The molecule has 0 fully saturated rings. The second-order valence-corrected chi connectivity index (χ2v) is 4.62. The van der Waals surface area contributed by atoms with Crippen LogP contribution in [0.5, 0.6) is 0 Å². The molecule has 0 bridgehead atoms. The number of rotatable bonds is 5. The van der Waals surface area contributed by atoms with Crippen LogP contribution in [0.2, 0.25) is 0 Å². The van der Waals surface area contributed by atoms with Crippen molar-refractivity contribution in [3.8, 4) is 0 Å². The third-order valence-corrected chi connectivity index (χ3v) is 2.60. The normalized spacial score (nSPS) is 13.9. The number of hydrogen-bond donors (Lipinski definition) is 2. The van der Waals surface area contributed by atoms with Crippen molar-refractivity contribution in [3.05, 3.63) is 35.4 Å². The van der Waals surface area contributed by atoms with Gasteiger partial charge in [-0.05, 0) is 24.1 Å². The van der Waals surface area contributed by atoms with Gasteiger partial charge in [-0.1, -0.05) is 32.0 Å². The average molecular weight is 261 g/mol. The molecule has 1 atom stereocenters. The van der Waals surface area contributed by atoms with Gasteiger partial charge in [0.25, 0.3) is 0 Å². The zero-order chi connectivity index (χ0) is 13.8. The molecule has 0 amide bonds. The van der Waals surface area contributed by atoms with E-state index in [1.54, 1.807) is 6.07 Å². The minimum atomic E-state index is -4.40. The molecular weight excluding hydrogens is 243 g/mol. The second-order valence-electron chi connectivity index (χ2n) is 4.62. The Morgan fingerprint density at radius 1 is 1.22 bits per heavy atom. The zero-order valence-corrected chi connectivity index (χ0v) is 10.5. The highest BCUT2D eigenvalue weighted by atomic mass is 19.4. The molecule has 0 aliphatic carbocycles. The lowest BCUT2D eigenvalue weighted by atomic mass is 10.00. The monoisotopic (exact) mass is 261 g/mol. The Kier molecular flexibility index (Phi) is 5.16. The van der Waals surface area contributed by atoms with Crippen molar-refractivity contribution in [3.63, 3.8) is 0 Å². The fourth-order valence-corrected chi connectivity index (χ4v) is 1.71. The second kappa shape index (κ2) is 6.20. The van der Waals surface area contributed by atoms with Crippen LogP contribution in [0.1, 0.15) is 31.0 Å². The van der Waals surface area contributed by atoms with Gasteiger partial charge in [0.05, 0.1) is 18.2 Å². The van der Waals surface area contributed by atoms with Crippen LogP contribution in [-0.2, 0) is 6.18 Å². The van der Waals surface area contributed by atoms with Gasteiger partial charge in [-0.2, -0.15) is 13.2 Å². The molecule has 0 radical (unpaired) electrons. The molecular formula is C13H18F3NO. The van der Waals surface area contributed by atoms with Crippen LogP contribution in [0.3, 0.4) is 0 Å². The Morgan fingerprint density at radius 2 is 1.83 bits per heavy atom. The summed E-state index contributed by atoms with van der Waals surface area (Å²) in [6.45, 7) is 4.10. The summed E-state index contributed by atoms with van der Waals surface area (Å²) in [5.41, 5.74) is -0.603. The van der Waals surface area contributed by atoms with Crippen molar-refractivity contribution in [2.45, 2.75) is 26.1 Å². The molecule has 0 aliphatic rings. The van der Waals surface area contributed by atoms with Crippen molar-refractivity contribution < 1.29 is 18.3 Å². The van der Waals surface area contributed by atoms with E-state index in [4.69, 9.17) is 0 Å². The third-order valence-electron chi connectivity index (χ3n) is 2.60. The standard InChI is InChI=1S/C13H18F3NO/c1-9(2)7-17-12(8-18)10-5-3-4-6-11(10)13(14,15)16/h3-6,9,12,17-18H,7-8H2,1-2H3. The molecule has 0 spiro atoms. The molecule has 102 valence electrons. The fourth-order valence-electron chi connectivity index (χ4n) is 1.71. The number of aliphatic hydroxyl groups excluding tert-OH is 1. The van der Waals surface area contributed by atoms with Gasteiger partial charge in [-0.3, -0.25) is 0 Å². The first-order valence-corrected chi connectivity index (χ1v) is 5.86. The molecule has 0 saturated carbocycles. The van der Waals surface area contributed by atoms with Crippen LogP contribution < -0.4 is 5.32 Å². The Balaban J connectivity index is 2.98. The summed E-state index contributed by atoms with van der Waals surface area (Å²) in [5.74, 6) is 0.303. The number of aliphatic hydroxyl groups is 1. The van der Waals surface area contributed by atoms with Gasteiger partial charge in [0.2, 0.25) is 0 Å². The summed E-state index contributed by atoms with van der Waals surface area (Å²) >= 11 is 0. The maximum Gasteiger partial charge on any atom is 0.416 e. The number of nitrogens with one attached hydrogen (secondary N) is 1. The van der Waals surface area contributed by atoms with E-state index < -0.39 is 17.8 Å². The Morgan fingerprint density at radius 3 is 2.33 bits per heavy atom. The first-order valence-electron chi connectivity index (χ1n) is 5.86. The van der Waals surface area contributed by atoms with Gasteiger partial charge in [-0.25, -0.2) is 0 Å². The van der Waals surface area contributed by atoms with Crippen molar-refractivity contribution in [2.24, 2.45) is 5.92 Å². The summed E-state index contributed by atoms with van der Waals surface area (Å²) in [5, 5.41) is 12.2. The van der Waals surface area contributed by atoms with E-state index in [0.29, 0.717) is 12.5 Å². The largest absolute Gasteiger partial charge is 0.416 e. The van der Waals surface area contributed by atoms with Crippen LogP contribution >= 0.6 is 0 Å². The minimum Gasteiger partial charge on any atom is -0.394 e. The molecule has 18 heavy (non-hydrogen) atoms. The topological polar surface area (TPSA) is 32.3 Å². The van der Waals surface area contributed by atoms with Gasteiger partial charge in [-0.15, -0.1) is 0 Å². The first kappa shape index (κ1) is 15.0. The molecule has 0 saturated heterocycles. The molecule has 0 aliphatic heterocycles.